The SMILES string of the molecule is CCOC1CC(N[C@H](C)C2CCCCCC2)C12CCCC2. The van der Waals surface area contributed by atoms with Gasteiger partial charge in [-0.15, -0.1) is 0 Å². The van der Waals surface area contributed by atoms with Gasteiger partial charge in [0.1, 0.15) is 0 Å². The molecule has 3 saturated carbocycles. The fraction of sp³-hybridized carbons (Fsp3) is 1.00. The zero-order chi connectivity index (χ0) is 14.7. The molecule has 2 heteroatoms. The Balaban J connectivity index is 1.56. The van der Waals surface area contributed by atoms with Crippen LogP contribution < -0.4 is 5.32 Å². The summed E-state index contributed by atoms with van der Waals surface area (Å²) in [6, 6.07) is 1.43. The molecule has 1 spiro atoms. The van der Waals surface area contributed by atoms with Gasteiger partial charge in [0.25, 0.3) is 0 Å². The van der Waals surface area contributed by atoms with Crippen LogP contribution in [0.2, 0.25) is 0 Å². The molecule has 0 aromatic carbocycles. The molecule has 2 unspecified atom stereocenters. The largest absolute Gasteiger partial charge is 0.378 e. The predicted octanol–water partition coefficient (Wildman–Crippen LogP) is 4.67. The van der Waals surface area contributed by atoms with Gasteiger partial charge in [-0.25, -0.2) is 0 Å². The zero-order valence-corrected chi connectivity index (χ0v) is 14.2. The molecule has 0 aliphatic heterocycles. The Hall–Kier alpha value is -0.0800. The minimum Gasteiger partial charge on any atom is -0.378 e. The molecule has 21 heavy (non-hydrogen) atoms. The Bertz CT molecular complexity index is 316. The molecule has 0 aromatic heterocycles. The van der Waals surface area contributed by atoms with Gasteiger partial charge in [-0.2, -0.15) is 0 Å². The van der Waals surface area contributed by atoms with Gasteiger partial charge in [-0.3, -0.25) is 0 Å². The van der Waals surface area contributed by atoms with Crippen molar-refractivity contribution in [1.29, 1.82) is 0 Å². The van der Waals surface area contributed by atoms with Crippen LogP contribution in [0, 0.1) is 11.3 Å². The smallest absolute Gasteiger partial charge is 0.0661 e. The van der Waals surface area contributed by atoms with Crippen LogP contribution in [0.4, 0.5) is 0 Å². The summed E-state index contributed by atoms with van der Waals surface area (Å²) in [7, 11) is 0. The van der Waals surface area contributed by atoms with E-state index < -0.39 is 0 Å². The van der Waals surface area contributed by atoms with E-state index in [1.807, 2.05) is 0 Å². The molecule has 1 N–H and O–H groups in total. The quantitative estimate of drug-likeness (QED) is 0.744. The second kappa shape index (κ2) is 7.00. The van der Waals surface area contributed by atoms with Gasteiger partial charge in [0.15, 0.2) is 0 Å². The van der Waals surface area contributed by atoms with E-state index in [2.05, 4.69) is 19.2 Å². The summed E-state index contributed by atoms with van der Waals surface area (Å²) in [4.78, 5) is 0. The Labute approximate surface area is 131 Å². The number of hydrogen-bond acceptors (Lipinski definition) is 2. The highest BCUT2D eigenvalue weighted by molar-refractivity contribution is 5.10. The molecule has 0 saturated heterocycles. The Kier molecular flexibility index (Phi) is 5.27. The van der Waals surface area contributed by atoms with E-state index in [9.17, 15) is 0 Å². The number of nitrogens with one attached hydrogen (secondary N) is 1. The first kappa shape index (κ1) is 15.8. The second-order valence-electron chi connectivity index (χ2n) is 7.88. The monoisotopic (exact) mass is 293 g/mol. The van der Waals surface area contributed by atoms with Crippen molar-refractivity contribution in [3.8, 4) is 0 Å². The molecule has 3 aliphatic rings. The average Bonchev–Trinajstić information content (AvgIpc) is 2.86. The first-order chi connectivity index (χ1) is 10.3. The van der Waals surface area contributed by atoms with Crippen LogP contribution in [-0.2, 0) is 4.74 Å². The summed E-state index contributed by atoms with van der Waals surface area (Å²) in [5.74, 6) is 0.914. The summed E-state index contributed by atoms with van der Waals surface area (Å²) >= 11 is 0. The third-order valence-corrected chi connectivity index (χ3v) is 6.76. The minimum absolute atomic E-state index is 0.495. The zero-order valence-electron chi connectivity index (χ0n) is 14.2. The molecule has 122 valence electrons. The Morgan fingerprint density at radius 1 is 1.05 bits per heavy atom. The van der Waals surface area contributed by atoms with Crippen LogP contribution in [0.5, 0.6) is 0 Å². The molecule has 3 rings (SSSR count). The Morgan fingerprint density at radius 3 is 2.33 bits per heavy atom. The lowest BCUT2D eigenvalue weighted by Crippen LogP contribution is -2.64. The predicted molar refractivity (Wildman–Crippen MR) is 88.5 cm³/mol. The van der Waals surface area contributed by atoms with Gasteiger partial charge in [-0.05, 0) is 51.9 Å². The van der Waals surface area contributed by atoms with Crippen LogP contribution in [0.25, 0.3) is 0 Å². The first-order valence-electron chi connectivity index (χ1n) is 9.64. The molecule has 3 fully saturated rings. The van der Waals surface area contributed by atoms with Crippen molar-refractivity contribution in [2.75, 3.05) is 6.61 Å². The van der Waals surface area contributed by atoms with E-state index in [1.165, 1.54) is 70.6 Å². The van der Waals surface area contributed by atoms with Gasteiger partial charge in [-0.1, -0.05) is 38.5 Å². The van der Waals surface area contributed by atoms with Crippen molar-refractivity contribution in [2.45, 2.75) is 103 Å². The average molecular weight is 293 g/mol. The van der Waals surface area contributed by atoms with Crippen molar-refractivity contribution in [3.63, 3.8) is 0 Å². The van der Waals surface area contributed by atoms with Crippen LogP contribution in [0.3, 0.4) is 0 Å². The highest BCUT2D eigenvalue weighted by Gasteiger charge is 2.56. The lowest BCUT2D eigenvalue weighted by molar-refractivity contribution is -0.133. The maximum atomic E-state index is 6.05. The fourth-order valence-electron chi connectivity index (χ4n) is 5.38. The lowest BCUT2D eigenvalue weighted by atomic mass is 9.60. The van der Waals surface area contributed by atoms with Crippen molar-refractivity contribution in [1.82, 2.24) is 5.32 Å². The third-order valence-electron chi connectivity index (χ3n) is 6.76. The first-order valence-corrected chi connectivity index (χ1v) is 9.64. The van der Waals surface area contributed by atoms with Gasteiger partial charge in [0.2, 0.25) is 0 Å². The fourth-order valence-corrected chi connectivity index (χ4v) is 5.38. The van der Waals surface area contributed by atoms with Crippen LogP contribution >= 0.6 is 0 Å². The number of ether oxygens (including phenoxy) is 1. The molecule has 0 heterocycles. The molecule has 0 amide bonds. The van der Waals surface area contributed by atoms with Crippen molar-refractivity contribution < 1.29 is 4.74 Å². The van der Waals surface area contributed by atoms with E-state index in [0.29, 0.717) is 17.6 Å². The normalized spacial score (nSPS) is 34.6. The van der Waals surface area contributed by atoms with E-state index in [0.717, 1.165) is 18.6 Å². The molecule has 2 nitrogen and oxygen atoms in total. The molecule has 3 aliphatic carbocycles. The summed E-state index contributed by atoms with van der Waals surface area (Å²) in [5, 5.41) is 4.05. The van der Waals surface area contributed by atoms with Crippen molar-refractivity contribution in [3.05, 3.63) is 0 Å². The Morgan fingerprint density at radius 2 is 1.71 bits per heavy atom. The van der Waals surface area contributed by atoms with E-state index >= 15 is 0 Å². The van der Waals surface area contributed by atoms with Crippen molar-refractivity contribution in [2.24, 2.45) is 11.3 Å². The summed E-state index contributed by atoms with van der Waals surface area (Å²) in [6.07, 6.45) is 16.1. The van der Waals surface area contributed by atoms with Gasteiger partial charge in [0.05, 0.1) is 6.10 Å². The standard InChI is InChI=1S/C19H35NO/c1-3-21-18-14-17(19(18)12-8-9-13-19)20-15(2)16-10-6-4-5-7-11-16/h15-18,20H,3-14H2,1-2H3/t15-,17?,18?/m1/s1. The highest BCUT2D eigenvalue weighted by Crippen LogP contribution is 2.55. The maximum Gasteiger partial charge on any atom is 0.0661 e. The van der Waals surface area contributed by atoms with Crippen LogP contribution in [0.15, 0.2) is 0 Å². The van der Waals surface area contributed by atoms with Gasteiger partial charge >= 0.3 is 0 Å². The van der Waals surface area contributed by atoms with E-state index in [-0.39, 0.29) is 0 Å². The van der Waals surface area contributed by atoms with Crippen LogP contribution in [0.1, 0.15) is 84.5 Å². The molecule has 0 bridgehead atoms. The maximum absolute atomic E-state index is 6.05. The number of rotatable bonds is 5. The van der Waals surface area contributed by atoms with E-state index in [4.69, 9.17) is 4.74 Å². The van der Waals surface area contributed by atoms with E-state index in [1.54, 1.807) is 0 Å². The molecule has 0 radical (unpaired) electrons. The summed E-state index contributed by atoms with van der Waals surface area (Å²) in [6.45, 7) is 5.49. The number of hydrogen-bond donors (Lipinski definition) is 1. The molecular weight excluding hydrogens is 258 g/mol. The molecular formula is C19H35NO. The van der Waals surface area contributed by atoms with Gasteiger partial charge in [0, 0.05) is 24.1 Å². The lowest BCUT2D eigenvalue weighted by Gasteiger charge is -2.55. The summed E-state index contributed by atoms with van der Waals surface area (Å²) in [5.41, 5.74) is 0.495. The second-order valence-corrected chi connectivity index (χ2v) is 7.88. The molecule has 0 aromatic rings. The third kappa shape index (κ3) is 3.17. The molecule has 3 atom stereocenters. The summed E-state index contributed by atoms with van der Waals surface area (Å²) < 4.78 is 6.05. The van der Waals surface area contributed by atoms with Gasteiger partial charge < -0.3 is 10.1 Å². The van der Waals surface area contributed by atoms with Crippen molar-refractivity contribution >= 4 is 0 Å². The topological polar surface area (TPSA) is 21.3 Å². The van der Waals surface area contributed by atoms with Crippen LogP contribution in [-0.4, -0.2) is 24.8 Å². The minimum atomic E-state index is 0.495. The highest BCUT2D eigenvalue weighted by atomic mass is 16.5.